The highest BCUT2D eigenvalue weighted by atomic mass is 79.9. The second-order valence-corrected chi connectivity index (χ2v) is 5.14. The molecule has 0 unspecified atom stereocenters. The molecule has 0 atom stereocenters. The van der Waals surface area contributed by atoms with Gasteiger partial charge in [-0.15, -0.1) is 11.3 Å². The number of rotatable bonds is 2. The maximum absolute atomic E-state index is 13.6. The van der Waals surface area contributed by atoms with Gasteiger partial charge in [0.25, 0.3) is 0 Å². The molecule has 0 spiro atoms. The fourth-order valence-corrected chi connectivity index (χ4v) is 2.47. The van der Waals surface area contributed by atoms with Crippen molar-refractivity contribution in [2.45, 2.75) is 13.3 Å². The van der Waals surface area contributed by atoms with Crippen molar-refractivity contribution in [3.05, 3.63) is 39.6 Å². The molecule has 0 amide bonds. The van der Waals surface area contributed by atoms with Gasteiger partial charge in [-0.05, 0) is 24.6 Å². The normalized spacial score (nSPS) is 10.6. The molecule has 0 saturated carbocycles. The number of halogens is 2. The lowest BCUT2D eigenvalue weighted by atomic mass is 10.2. The third-order valence-corrected chi connectivity index (χ3v) is 3.73. The van der Waals surface area contributed by atoms with E-state index < -0.39 is 0 Å². The van der Waals surface area contributed by atoms with Crippen molar-refractivity contribution in [1.29, 1.82) is 0 Å². The first-order valence-electron chi connectivity index (χ1n) is 4.61. The van der Waals surface area contributed by atoms with Crippen LogP contribution in [0.4, 0.5) is 4.39 Å². The smallest absolute Gasteiger partial charge is 0.134 e. The predicted molar refractivity (Wildman–Crippen MR) is 64.6 cm³/mol. The zero-order chi connectivity index (χ0) is 10.8. The Hall–Kier alpha value is -0.740. The van der Waals surface area contributed by atoms with Crippen LogP contribution in [0, 0.1) is 5.82 Å². The van der Waals surface area contributed by atoms with Gasteiger partial charge in [0.1, 0.15) is 10.8 Å². The summed E-state index contributed by atoms with van der Waals surface area (Å²) in [5.74, 6) is -0.235. The maximum Gasteiger partial charge on any atom is 0.134 e. The van der Waals surface area contributed by atoms with Crippen LogP contribution in [0.1, 0.15) is 11.8 Å². The van der Waals surface area contributed by atoms with Gasteiger partial charge in [-0.2, -0.15) is 0 Å². The van der Waals surface area contributed by atoms with E-state index in [4.69, 9.17) is 0 Å². The van der Waals surface area contributed by atoms with Gasteiger partial charge >= 0.3 is 0 Å². The first-order valence-corrected chi connectivity index (χ1v) is 6.21. The summed E-state index contributed by atoms with van der Waals surface area (Å²) in [6.07, 6.45) is 2.75. The minimum absolute atomic E-state index is 0.235. The lowest BCUT2D eigenvalue weighted by Crippen LogP contribution is -1.82. The molecule has 0 aliphatic rings. The van der Waals surface area contributed by atoms with Gasteiger partial charge in [-0.1, -0.05) is 22.9 Å². The lowest BCUT2D eigenvalue weighted by Gasteiger charge is -1.98. The van der Waals surface area contributed by atoms with Crippen molar-refractivity contribution in [1.82, 2.24) is 4.98 Å². The molecule has 1 heterocycles. The monoisotopic (exact) mass is 285 g/mol. The number of aryl methyl sites for hydroxylation is 1. The van der Waals surface area contributed by atoms with E-state index in [-0.39, 0.29) is 5.82 Å². The largest absolute Gasteiger partial charge is 0.244 e. The molecule has 0 aliphatic carbocycles. The Morgan fingerprint density at radius 2 is 2.27 bits per heavy atom. The van der Waals surface area contributed by atoms with E-state index in [0.29, 0.717) is 5.56 Å². The minimum atomic E-state index is -0.235. The van der Waals surface area contributed by atoms with Gasteiger partial charge in [0.15, 0.2) is 0 Å². The minimum Gasteiger partial charge on any atom is -0.244 e. The van der Waals surface area contributed by atoms with Crippen LogP contribution in [0.3, 0.4) is 0 Å². The second kappa shape index (κ2) is 4.41. The summed E-state index contributed by atoms with van der Waals surface area (Å²) < 4.78 is 14.3. The van der Waals surface area contributed by atoms with Gasteiger partial charge in [0.05, 0.1) is 0 Å². The van der Waals surface area contributed by atoms with Crippen LogP contribution in [0.5, 0.6) is 0 Å². The summed E-state index contributed by atoms with van der Waals surface area (Å²) in [7, 11) is 0. The molecule has 1 aromatic heterocycles. The molecule has 78 valence electrons. The number of thiazole rings is 1. The van der Waals surface area contributed by atoms with Crippen molar-refractivity contribution >= 4 is 27.3 Å². The zero-order valence-electron chi connectivity index (χ0n) is 8.13. The summed E-state index contributed by atoms with van der Waals surface area (Å²) in [6, 6.07) is 5.03. The molecule has 1 nitrogen and oxygen atoms in total. The van der Waals surface area contributed by atoms with E-state index in [9.17, 15) is 4.39 Å². The fourth-order valence-electron chi connectivity index (χ4n) is 1.26. The fraction of sp³-hybridized carbons (Fsp3) is 0.182. The van der Waals surface area contributed by atoms with Crippen LogP contribution in [0.25, 0.3) is 10.6 Å². The highest BCUT2D eigenvalue weighted by molar-refractivity contribution is 9.10. The van der Waals surface area contributed by atoms with E-state index in [2.05, 4.69) is 27.8 Å². The van der Waals surface area contributed by atoms with Gasteiger partial charge < -0.3 is 0 Å². The Morgan fingerprint density at radius 1 is 1.47 bits per heavy atom. The highest BCUT2D eigenvalue weighted by Crippen LogP contribution is 2.29. The standard InChI is InChI=1S/C11H9BrFNS/c1-2-8-6-14-11(15-8)9-4-3-7(12)5-10(9)13/h3-6H,2H2,1H3. The average molecular weight is 286 g/mol. The van der Waals surface area contributed by atoms with Crippen LogP contribution >= 0.6 is 27.3 Å². The molecule has 0 bridgehead atoms. The van der Waals surface area contributed by atoms with Crippen molar-refractivity contribution in [2.75, 3.05) is 0 Å². The first-order chi connectivity index (χ1) is 7.20. The first kappa shape index (κ1) is 10.8. The number of nitrogens with zero attached hydrogens (tertiary/aromatic N) is 1. The topological polar surface area (TPSA) is 12.9 Å². The van der Waals surface area contributed by atoms with E-state index >= 15 is 0 Å². The second-order valence-electron chi connectivity index (χ2n) is 3.11. The van der Waals surface area contributed by atoms with E-state index in [1.165, 1.54) is 22.3 Å². The molecule has 0 fully saturated rings. The van der Waals surface area contributed by atoms with Crippen LogP contribution in [-0.4, -0.2) is 4.98 Å². The summed E-state index contributed by atoms with van der Waals surface area (Å²) >= 11 is 4.77. The van der Waals surface area contributed by atoms with E-state index in [1.54, 1.807) is 6.07 Å². The van der Waals surface area contributed by atoms with Crippen molar-refractivity contribution in [3.63, 3.8) is 0 Å². The number of hydrogen-bond acceptors (Lipinski definition) is 2. The number of aromatic nitrogens is 1. The third kappa shape index (κ3) is 2.26. The van der Waals surface area contributed by atoms with Gasteiger partial charge in [0, 0.05) is 21.1 Å². The van der Waals surface area contributed by atoms with Crippen molar-refractivity contribution in [3.8, 4) is 10.6 Å². The Bertz CT molecular complexity index is 481. The lowest BCUT2D eigenvalue weighted by molar-refractivity contribution is 0.630. The highest BCUT2D eigenvalue weighted by Gasteiger charge is 2.09. The Kier molecular flexibility index (Phi) is 3.17. The van der Waals surface area contributed by atoms with E-state index in [1.807, 2.05) is 12.3 Å². The Morgan fingerprint density at radius 3 is 2.87 bits per heavy atom. The molecule has 15 heavy (non-hydrogen) atoms. The predicted octanol–water partition coefficient (Wildman–Crippen LogP) is 4.27. The third-order valence-electron chi connectivity index (χ3n) is 2.06. The maximum atomic E-state index is 13.6. The Balaban J connectivity index is 2.44. The van der Waals surface area contributed by atoms with Crippen LogP contribution in [-0.2, 0) is 6.42 Å². The summed E-state index contributed by atoms with van der Waals surface area (Å²) in [5.41, 5.74) is 0.572. The summed E-state index contributed by atoms with van der Waals surface area (Å²) in [4.78, 5) is 5.38. The molecule has 4 heteroatoms. The number of benzene rings is 1. The molecule has 1 aromatic carbocycles. The molecule has 0 radical (unpaired) electrons. The Labute approximate surface area is 100 Å². The van der Waals surface area contributed by atoms with Crippen LogP contribution in [0.2, 0.25) is 0 Å². The summed E-state index contributed by atoms with van der Waals surface area (Å²) in [6.45, 7) is 2.06. The van der Waals surface area contributed by atoms with Gasteiger partial charge in [0.2, 0.25) is 0 Å². The van der Waals surface area contributed by atoms with Crippen LogP contribution in [0.15, 0.2) is 28.9 Å². The molecule has 2 rings (SSSR count). The SMILES string of the molecule is CCc1cnc(-c2ccc(Br)cc2F)s1. The van der Waals surface area contributed by atoms with Gasteiger partial charge in [-0.25, -0.2) is 9.37 Å². The zero-order valence-corrected chi connectivity index (χ0v) is 10.5. The molecule has 0 saturated heterocycles. The molecule has 0 N–H and O–H groups in total. The molecular weight excluding hydrogens is 277 g/mol. The average Bonchev–Trinajstić information content (AvgIpc) is 2.66. The van der Waals surface area contributed by atoms with E-state index in [0.717, 1.165) is 15.9 Å². The van der Waals surface area contributed by atoms with Crippen LogP contribution < -0.4 is 0 Å². The van der Waals surface area contributed by atoms with Gasteiger partial charge in [-0.3, -0.25) is 0 Å². The molecule has 0 aliphatic heterocycles. The molecular formula is C11H9BrFNS. The van der Waals surface area contributed by atoms with Crippen molar-refractivity contribution in [2.24, 2.45) is 0 Å². The van der Waals surface area contributed by atoms with Crippen molar-refractivity contribution < 1.29 is 4.39 Å². The quantitative estimate of drug-likeness (QED) is 0.803. The number of hydrogen-bond donors (Lipinski definition) is 0. The summed E-state index contributed by atoms with van der Waals surface area (Å²) in [5, 5.41) is 0.747. The molecule has 2 aromatic rings.